The Labute approximate surface area is 107 Å². The Morgan fingerprint density at radius 3 is 2.82 bits per heavy atom. The molecule has 2 rings (SSSR count). The van der Waals surface area contributed by atoms with Crippen molar-refractivity contribution in [2.75, 3.05) is 5.32 Å². The first-order valence-corrected chi connectivity index (χ1v) is 5.93. The van der Waals surface area contributed by atoms with Crippen LogP contribution in [0.2, 0.25) is 0 Å². The van der Waals surface area contributed by atoms with Crippen LogP contribution in [0.25, 0.3) is 0 Å². The lowest BCUT2D eigenvalue weighted by Crippen LogP contribution is -2.08. The van der Waals surface area contributed by atoms with Crippen LogP contribution < -0.4 is 5.32 Å². The van der Waals surface area contributed by atoms with Gasteiger partial charge in [-0.1, -0.05) is 0 Å². The maximum Gasteiger partial charge on any atom is 0.137 e. The second-order valence-corrected chi connectivity index (χ2v) is 4.48. The highest BCUT2D eigenvalue weighted by Crippen LogP contribution is 2.23. The zero-order valence-corrected chi connectivity index (χ0v) is 10.8. The van der Waals surface area contributed by atoms with Gasteiger partial charge in [-0.05, 0) is 41.1 Å². The molecule has 0 aliphatic rings. The highest BCUT2D eigenvalue weighted by Gasteiger charge is 2.07. The molecule has 17 heavy (non-hydrogen) atoms. The number of halogens is 2. The molecule has 0 aliphatic heterocycles. The van der Waals surface area contributed by atoms with Crippen molar-refractivity contribution in [3.05, 3.63) is 52.8 Å². The molecule has 0 radical (unpaired) electrons. The van der Waals surface area contributed by atoms with E-state index in [-0.39, 0.29) is 11.9 Å². The molecule has 1 atom stereocenters. The maximum atomic E-state index is 13.1. The van der Waals surface area contributed by atoms with Crippen molar-refractivity contribution in [3.63, 3.8) is 0 Å². The molecule has 1 aromatic heterocycles. The number of benzene rings is 1. The SMILES string of the molecule is CC(Nc1ccc(F)c(Br)c1)c1cnccn1. The lowest BCUT2D eigenvalue weighted by Gasteiger charge is -2.14. The molecule has 2 aromatic rings. The monoisotopic (exact) mass is 295 g/mol. The Balaban J connectivity index is 2.13. The first kappa shape index (κ1) is 12.0. The first-order valence-electron chi connectivity index (χ1n) is 5.14. The lowest BCUT2D eigenvalue weighted by atomic mass is 10.2. The second-order valence-electron chi connectivity index (χ2n) is 3.63. The predicted molar refractivity (Wildman–Crippen MR) is 68.2 cm³/mol. The molecule has 0 amide bonds. The van der Waals surface area contributed by atoms with Gasteiger partial charge in [0.05, 0.1) is 22.4 Å². The third-order valence-electron chi connectivity index (χ3n) is 2.33. The van der Waals surface area contributed by atoms with E-state index in [1.165, 1.54) is 6.07 Å². The van der Waals surface area contributed by atoms with Gasteiger partial charge < -0.3 is 5.32 Å². The summed E-state index contributed by atoms with van der Waals surface area (Å²) in [6.45, 7) is 1.97. The smallest absolute Gasteiger partial charge is 0.137 e. The van der Waals surface area contributed by atoms with Crippen LogP contribution in [0.4, 0.5) is 10.1 Å². The number of nitrogens with one attached hydrogen (secondary N) is 1. The highest BCUT2D eigenvalue weighted by molar-refractivity contribution is 9.10. The fourth-order valence-corrected chi connectivity index (χ4v) is 1.82. The Hall–Kier alpha value is -1.49. The van der Waals surface area contributed by atoms with Gasteiger partial charge in [-0.25, -0.2) is 4.39 Å². The highest BCUT2D eigenvalue weighted by atomic mass is 79.9. The van der Waals surface area contributed by atoms with Crippen LogP contribution in [-0.2, 0) is 0 Å². The van der Waals surface area contributed by atoms with Crippen LogP contribution in [0.1, 0.15) is 18.7 Å². The molecule has 3 nitrogen and oxygen atoms in total. The summed E-state index contributed by atoms with van der Waals surface area (Å²) in [4.78, 5) is 8.21. The number of hydrogen-bond donors (Lipinski definition) is 1. The number of rotatable bonds is 3. The van der Waals surface area contributed by atoms with E-state index >= 15 is 0 Å². The Morgan fingerprint density at radius 1 is 1.35 bits per heavy atom. The fraction of sp³-hybridized carbons (Fsp3) is 0.167. The lowest BCUT2D eigenvalue weighted by molar-refractivity contribution is 0.621. The van der Waals surface area contributed by atoms with Crippen LogP contribution in [0.15, 0.2) is 41.3 Å². The summed E-state index contributed by atoms with van der Waals surface area (Å²) in [7, 11) is 0. The van der Waals surface area contributed by atoms with E-state index in [1.54, 1.807) is 30.7 Å². The molecule has 0 bridgehead atoms. The van der Waals surface area contributed by atoms with Crippen LogP contribution in [0.5, 0.6) is 0 Å². The average Bonchev–Trinajstić information content (AvgIpc) is 2.35. The Bertz CT molecular complexity index is 504. The first-order chi connectivity index (χ1) is 8.16. The van der Waals surface area contributed by atoms with Crippen molar-refractivity contribution in [1.29, 1.82) is 0 Å². The third-order valence-corrected chi connectivity index (χ3v) is 2.94. The van der Waals surface area contributed by atoms with E-state index in [2.05, 4.69) is 31.2 Å². The van der Waals surface area contributed by atoms with Gasteiger partial charge in [-0.15, -0.1) is 0 Å². The van der Waals surface area contributed by atoms with Gasteiger partial charge in [-0.2, -0.15) is 0 Å². The quantitative estimate of drug-likeness (QED) is 0.941. The summed E-state index contributed by atoms with van der Waals surface area (Å²) < 4.78 is 13.5. The normalized spacial score (nSPS) is 12.2. The van der Waals surface area contributed by atoms with Crippen LogP contribution in [0.3, 0.4) is 0 Å². The van der Waals surface area contributed by atoms with Crippen molar-refractivity contribution < 1.29 is 4.39 Å². The predicted octanol–water partition coefficient (Wildman–Crippen LogP) is 3.55. The molecule has 0 spiro atoms. The van der Waals surface area contributed by atoms with Crippen LogP contribution in [-0.4, -0.2) is 9.97 Å². The molecule has 5 heteroatoms. The van der Waals surface area contributed by atoms with Gasteiger partial charge in [0.2, 0.25) is 0 Å². The van der Waals surface area contributed by atoms with Gasteiger partial charge >= 0.3 is 0 Å². The van der Waals surface area contributed by atoms with Gasteiger partial charge in [0, 0.05) is 18.1 Å². The Kier molecular flexibility index (Phi) is 3.68. The third kappa shape index (κ3) is 3.00. The summed E-state index contributed by atoms with van der Waals surface area (Å²) >= 11 is 3.15. The van der Waals surface area contributed by atoms with E-state index in [0.717, 1.165) is 11.4 Å². The largest absolute Gasteiger partial charge is 0.377 e. The van der Waals surface area contributed by atoms with E-state index in [4.69, 9.17) is 0 Å². The summed E-state index contributed by atoms with van der Waals surface area (Å²) in [5.74, 6) is -0.275. The molecule has 88 valence electrons. The molecule has 1 unspecified atom stereocenters. The zero-order chi connectivity index (χ0) is 12.3. The number of hydrogen-bond acceptors (Lipinski definition) is 3. The fourth-order valence-electron chi connectivity index (χ4n) is 1.44. The van der Waals surface area contributed by atoms with E-state index in [9.17, 15) is 4.39 Å². The summed E-state index contributed by atoms with van der Waals surface area (Å²) in [5, 5.41) is 3.23. The molecule has 0 saturated heterocycles. The van der Waals surface area contributed by atoms with Crippen molar-refractivity contribution in [2.24, 2.45) is 0 Å². The van der Waals surface area contributed by atoms with Crippen molar-refractivity contribution in [1.82, 2.24) is 9.97 Å². The summed E-state index contributed by atoms with van der Waals surface area (Å²) in [6, 6.07) is 4.81. The maximum absolute atomic E-state index is 13.1. The van der Waals surface area contributed by atoms with Crippen LogP contribution >= 0.6 is 15.9 Å². The molecule has 1 aromatic carbocycles. The molecule has 0 aliphatic carbocycles. The van der Waals surface area contributed by atoms with Gasteiger partial charge in [0.25, 0.3) is 0 Å². The van der Waals surface area contributed by atoms with Gasteiger partial charge in [-0.3, -0.25) is 9.97 Å². The van der Waals surface area contributed by atoms with Crippen molar-refractivity contribution in [3.8, 4) is 0 Å². The molecular formula is C12H11BrFN3. The minimum absolute atomic E-state index is 0.0149. The van der Waals surface area contributed by atoms with Crippen LogP contribution in [0, 0.1) is 5.82 Å². The van der Waals surface area contributed by atoms with Crippen molar-refractivity contribution >= 4 is 21.6 Å². The average molecular weight is 296 g/mol. The minimum Gasteiger partial charge on any atom is -0.377 e. The minimum atomic E-state index is -0.275. The van der Waals surface area contributed by atoms with E-state index < -0.39 is 0 Å². The van der Waals surface area contributed by atoms with Crippen molar-refractivity contribution in [2.45, 2.75) is 13.0 Å². The molecule has 1 heterocycles. The van der Waals surface area contributed by atoms with E-state index in [1.807, 2.05) is 6.92 Å². The molecular weight excluding hydrogens is 285 g/mol. The molecule has 0 saturated carbocycles. The summed E-state index contributed by atoms with van der Waals surface area (Å²) in [5.41, 5.74) is 1.67. The van der Waals surface area contributed by atoms with E-state index in [0.29, 0.717) is 4.47 Å². The standard InChI is InChI=1S/C12H11BrFN3/c1-8(12-7-15-4-5-16-12)17-9-2-3-11(14)10(13)6-9/h2-8,17H,1H3. The van der Waals surface area contributed by atoms with Gasteiger partial charge in [0.1, 0.15) is 5.82 Å². The number of nitrogens with zero attached hydrogens (tertiary/aromatic N) is 2. The molecule has 1 N–H and O–H groups in total. The second kappa shape index (κ2) is 5.23. The van der Waals surface area contributed by atoms with Gasteiger partial charge in [0.15, 0.2) is 0 Å². The topological polar surface area (TPSA) is 37.8 Å². The molecule has 0 fully saturated rings. The number of anilines is 1. The Morgan fingerprint density at radius 2 is 2.18 bits per heavy atom. The summed E-state index contributed by atoms with van der Waals surface area (Å²) in [6.07, 6.45) is 4.98. The zero-order valence-electron chi connectivity index (χ0n) is 9.19. The number of aromatic nitrogens is 2.